The zero-order valence-electron chi connectivity index (χ0n) is 16.8. The normalized spacial score (nSPS) is 11.2. The molecular weight excluding hydrogens is 420 g/mol. The maximum absolute atomic E-state index is 13.2. The number of benzene rings is 3. The molecule has 0 aliphatic heterocycles. The molecule has 0 N–H and O–H groups in total. The molecule has 0 aromatic heterocycles. The maximum Gasteiger partial charge on any atom is 0.264 e. The molecular formula is C23H23ClN2O3S. The number of amides is 1. The van der Waals surface area contributed by atoms with Gasteiger partial charge in [-0.1, -0.05) is 60.1 Å². The van der Waals surface area contributed by atoms with Crippen molar-refractivity contribution in [2.24, 2.45) is 0 Å². The van der Waals surface area contributed by atoms with E-state index in [0.29, 0.717) is 18.8 Å². The van der Waals surface area contributed by atoms with E-state index in [-0.39, 0.29) is 21.4 Å². The Bertz CT molecular complexity index is 1120. The van der Waals surface area contributed by atoms with E-state index in [1.54, 1.807) is 35.2 Å². The van der Waals surface area contributed by atoms with Crippen LogP contribution in [-0.2, 0) is 16.6 Å². The van der Waals surface area contributed by atoms with Gasteiger partial charge in [0.15, 0.2) is 0 Å². The second-order valence-corrected chi connectivity index (χ2v) is 9.13. The van der Waals surface area contributed by atoms with Crippen LogP contribution in [-0.4, -0.2) is 32.8 Å². The molecule has 7 heteroatoms. The van der Waals surface area contributed by atoms with Gasteiger partial charge in [-0.2, -0.15) is 0 Å². The topological polar surface area (TPSA) is 57.7 Å². The lowest BCUT2D eigenvalue weighted by molar-refractivity contribution is 0.0753. The molecule has 1 amide bonds. The SMILES string of the molecule is CCN(Cc1ccccc1)C(=O)c1cc(N(C)S(=O)(=O)c2ccccc2)ccc1Cl. The average Bonchev–Trinajstić information content (AvgIpc) is 2.78. The van der Waals surface area contributed by atoms with E-state index in [4.69, 9.17) is 11.6 Å². The molecule has 0 radical (unpaired) electrons. The van der Waals surface area contributed by atoms with Crippen LogP contribution in [0.2, 0.25) is 5.02 Å². The number of rotatable bonds is 7. The van der Waals surface area contributed by atoms with Crippen LogP contribution in [0, 0.1) is 0 Å². The summed E-state index contributed by atoms with van der Waals surface area (Å²) in [5.41, 5.74) is 1.63. The number of anilines is 1. The summed E-state index contributed by atoms with van der Waals surface area (Å²) in [6.45, 7) is 2.83. The Labute approximate surface area is 182 Å². The lowest BCUT2D eigenvalue weighted by Crippen LogP contribution is -2.31. The molecule has 0 saturated heterocycles. The molecule has 0 atom stereocenters. The molecule has 0 spiro atoms. The second kappa shape index (κ2) is 9.32. The minimum atomic E-state index is -3.76. The average molecular weight is 443 g/mol. The van der Waals surface area contributed by atoms with Gasteiger partial charge in [-0.05, 0) is 42.8 Å². The van der Waals surface area contributed by atoms with Crippen molar-refractivity contribution in [2.45, 2.75) is 18.4 Å². The second-order valence-electron chi connectivity index (χ2n) is 6.75. The third-order valence-corrected chi connectivity index (χ3v) is 6.96. The molecule has 0 saturated carbocycles. The molecule has 0 aliphatic rings. The molecule has 0 fully saturated rings. The van der Waals surface area contributed by atoms with Crippen LogP contribution < -0.4 is 4.31 Å². The lowest BCUT2D eigenvalue weighted by Gasteiger charge is -2.24. The summed E-state index contributed by atoms with van der Waals surface area (Å²) in [5, 5.41) is 0.278. The molecule has 0 heterocycles. The minimum Gasteiger partial charge on any atom is -0.335 e. The van der Waals surface area contributed by atoms with E-state index >= 15 is 0 Å². The first kappa shape index (κ1) is 21.9. The predicted octanol–water partition coefficient (Wildman–Crippen LogP) is 4.83. The van der Waals surface area contributed by atoms with Crippen LogP contribution >= 0.6 is 11.6 Å². The van der Waals surface area contributed by atoms with Crippen LogP contribution in [0.3, 0.4) is 0 Å². The number of hydrogen-bond acceptors (Lipinski definition) is 3. The quantitative estimate of drug-likeness (QED) is 0.526. The summed E-state index contributed by atoms with van der Waals surface area (Å²) in [4.78, 5) is 15.0. The van der Waals surface area contributed by atoms with Gasteiger partial charge in [0, 0.05) is 20.1 Å². The highest BCUT2D eigenvalue weighted by molar-refractivity contribution is 7.92. The smallest absolute Gasteiger partial charge is 0.264 e. The number of carbonyl (C=O) groups is 1. The van der Waals surface area contributed by atoms with Crippen LogP contribution in [0.25, 0.3) is 0 Å². The Balaban J connectivity index is 1.91. The molecule has 5 nitrogen and oxygen atoms in total. The summed E-state index contributed by atoms with van der Waals surface area (Å²) in [6.07, 6.45) is 0. The molecule has 30 heavy (non-hydrogen) atoms. The predicted molar refractivity (Wildman–Crippen MR) is 120 cm³/mol. The zero-order valence-corrected chi connectivity index (χ0v) is 18.4. The van der Waals surface area contributed by atoms with Crippen LogP contribution in [0.5, 0.6) is 0 Å². The Hall–Kier alpha value is -2.83. The first-order chi connectivity index (χ1) is 14.3. The minimum absolute atomic E-state index is 0.176. The highest BCUT2D eigenvalue weighted by Gasteiger charge is 2.24. The van der Waals surface area contributed by atoms with E-state index in [9.17, 15) is 13.2 Å². The van der Waals surface area contributed by atoms with Crippen molar-refractivity contribution < 1.29 is 13.2 Å². The highest BCUT2D eigenvalue weighted by atomic mass is 35.5. The van der Waals surface area contributed by atoms with Crippen LogP contribution in [0.15, 0.2) is 83.8 Å². The summed E-state index contributed by atoms with van der Waals surface area (Å²) in [5.74, 6) is -0.251. The van der Waals surface area contributed by atoms with Gasteiger partial charge in [-0.25, -0.2) is 8.42 Å². The van der Waals surface area contributed by atoms with Gasteiger partial charge in [0.25, 0.3) is 15.9 Å². The molecule has 3 aromatic carbocycles. The molecule has 0 aliphatic carbocycles. The summed E-state index contributed by atoms with van der Waals surface area (Å²) in [6, 6.07) is 22.5. The first-order valence-corrected chi connectivity index (χ1v) is 11.3. The van der Waals surface area contributed by atoms with Gasteiger partial charge >= 0.3 is 0 Å². The van der Waals surface area contributed by atoms with E-state index in [1.807, 2.05) is 37.3 Å². The zero-order chi connectivity index (χ0) is 21.7. The highest BCUT2D eigenvalue weighted by Crippen LogP contribution is 2.28. The Morgan fingerprint density at radius 1 is 0.933 bits per heavy atom. The van der Waals surface area contributed by atoms with Gasteiger partial charge in [0.2, 0.25) is 0 Å². The lowest BCUT2D eigenvalue weighted by atomic mass is 10.1. The first-order valence-electron chi connectivity index (χ1n) is 9.51. The van der Waals surface area contributed by atoms with E-state index in [2.05, 4.69) is 0 Å². The number of hydrogen-bond donors (Lipinski definition) is 0. The van der Waals surface area contributed by atoms with Crippen LogP contribution in [0.1, 0.15) is 22.8 Å². The van der Waals surface area contributed by atoms with Crippen molar-refractivity contribution in [1.82, 2.24) is 4.90 Å². The van der Waals surface area contributed by atoms with Gasteiger partial charge in [-0.15, -0.1) is 0 Å². The van der Waals surface area contributed by atoms with Gasteiger partial charge < -0.3 is 4.90 Å². The Morgan fingerprint density at radius 3 is 2.13 bits per heavy atom. The molecule has 3 rings (SSSR count). The fourth-order valence-corrected chi connectivity index (χ4v) is 4.47. The molecule has 0 unspecified atom stereocenters. The largest absolute Gasteiger partial charge is 0.335 e. The monoisotopic (exact) mass is 442 g/mol. The molecule has 3 aromatic rings. The number of sulfonamides is 1. The molecule has 156 valence electrons. The summed E-state index contributed by atoms with van der Waals surface area (Å²) >= 11 is 6.32. The summed E-state index contributed by atoms with van der Waals surface area (Å²) in [7, 11) is -2.30. The van der Waals surface area contributed by atoms with E-state index < -0.39 is 10.0 Å². The van der Waals surface area contributed by atoms with E-state index in [1.165, 1.54) is 25.2 Å². The number of halogens is 1. The summed E-state index contributed by atoms with van der Waals surface area (Å²) < 4.78 is 27.0. The third kappa shape index (κ3) is 4.66. The Morgan fingerprint density at radius 2 is 1.53 bits per heavy atom. The number of carbonyl (C=O) groups excluding carboxylic acids is 1. The van der Waals surface area contributed by atoms with Crippen molar-refractivity contribution in [1.29, 1.82) is 0 Å². The van der Waals surface area contributed by atoms with Crippen molar-refractivity contribution in [2.75, 3.05) is 17.9 Å². The number of nitrogens with zero attached hydrogens (tertiary/aromatic N) is 2. The van der Waals surface area contributed by atoms with Gasteiger partial charge in [0.1, 0.15) is 0 Å². The van der Waals surface area contributed by atoms with E-state index in [0.717, 1.165) is 9.87 Å². The fourth-order valence-electron chi connectivity index (χ4n) is 3.06. The van der Waals surface area contributed by atoms with Crippen molar-refractivity contribution >= 4 is 33.2 Å². The van der Waals surface area contributed by atoms with Crippen molar-refractivity contribution in [3.8, 4) is 0 Å². The maximum atomic E-state index is 13.2. The fraction of sp³-hybridized carbons (Fsp3) is 0.174. The molecule has 0 bridgehead atoms. The van der Waals surface area contributed by atoms with Crippen molar-refractivity contribution in [3.05, 3.63) is 95.0 Å². The van der Waals surface area contributed by atoms with Gasteiger partial charge in [-0.3, -0.25) is 9.10 Å². The third-order valence-electron chi connectivity index (χ3n) is 4.83. The standard InChI is InChI=1S/C23H23ClN2O3S/c1-3-26(17-18-10-6-4-7-11-18)23(27)21-16-19(14-15-22(21)24)25(2)30(28,29)20-12-8-5-9-13-20/h4-16H,3,17H2,1-2H3. The Kier molecular flexibility index (Phi) is 6.80. The van der Waals surface area contributed by atoms with Crippen molar-refractivity contribution in [3.63, 3.8) is 0 Å². The van der Waals surface area contributed by atoms with Gasteiger partial charge in [0.05, 0.1) is 21.2 Å². The van der Waals surface area contributed by atoms with Crippen LogP contribution in [0.4, 0.5) is 5.69 Å².